The van der Waals surface area contributed by atoms with Crippen molar-refractivity contribution in [2.45, 2.75) is 25.4 Å². The lowest BCUT2D eigenvalue weighted by Crippen LogP contribution is -2.36. The number of thiophene rings is 1. The molecule has 1 aliphatic rings. The van der Waals surface area contributed by atoms with Crippen molar-refractivity contribution in [2.24, 2.45) is 7.05 Å². The minimum Gasteiger partial charge on any atom is -0.350 e. The molecule has 1 amide bonds. The first-order valence-corrected chi connectivity index (χ1v) is 8.12. The van der Waals surface area contributed by atoms with E-state index >= 15 is 0 Å². The average Bonchev–Trinajstić information content (AvgIpc) is 3.17. The second kappa shape index (κ2) is 6.41. The predicted molar refractivity (Wildman–Crippen MR) is 82.9 cm³/mol. The van der Waals surface area contributed by atoms with Gasteiger partial charge in [-0.25, -0.2) is 0 Å². The first kappa shape index (κ1) is 14.3. The van der Waals surface area contributed by atoms with E-state index in [0.717, 1.165) is 19.4 Å². The van der Waals surface area contributed by atoms with Crippen LogP contribution in [0.2, 0.25) is 0 Å². The first-order chi connectivity index (χ1) is 10.2. The first-order valence-electron chi connectivity index (χ1n) is 7.24. The molecule has 3 heterocycles. The molecule has 1 N–H and O–H groups in total. The number of likely N-dealkylation sites (tertiary alicyclic amines) is 1. The van der Waals surface area contributed by atoms with Crippen molar-refractivity contribution in [3.05, 3.63) is 40.3 Å². The monoisotopic (exact) mass is 304 g/mol. The van der Waals surface area contributed by atoms with Gasteiger partial charge in [-0.3, -0.25) is 14.4 Å². The van der Waals surface area contributed by atoms with Crippen LogP contribution in [0.5, 0.6) is 0 Å². The molecule has 0 aromatic carbocycles. The molecule has 0 bridgehead atoms. The molecule has 1 fully saturated rings. The zero-order chi connectivity index (χ0) is 14.7. The molecular formula is C15H20N4OS. The second-order valence-corrected chi connectivity index (χ2v) is 6.46. The molecular weight excluding hydrogens is 284 g/mol. The van der Waals surface area contributed by atoms with Crippen molar-refractivity contribution in [1.82, 2.24) is 20.0 Å². The summed E-state index contributed by atoms with van der Waals surface area (Å²) in [6.45, 7) is 2.07. The fourth-order valence-corrected chi connectivity index (χ4v) is 3.49. The molecule has 1 saturated heterocycles. The van der Waals surface area contributed by atoms with E-state index in [9.17, 15) is 4.79 Å². The van der Waals surface area contributed by atoms with Gasteiger partial charge in [-0.05, 0) is 30.8 Å². The summed E-state index contributed by atoms with van der Waals surface area (Å²) in [6.07, 6.45) is 6.20. The Balaban J connectivity index is 1.54. The van der Waals surface area contributed by atoms with Gasteiger partial charge in [0.05, 0.1) is 19.3 Å². The van der Waals surface area contributed by atoms with Crippen molar-refractivity contribution in [3.63, 3.8) is 0 Å². The molecule has 6 heteroatoms. The summed E-state index contributed by atoms with van der Waals surface area (Å²) >= 11 is 1.67. The van der Waals surface area contributed by atoms with Crippen LogP contribution in [0.25, 0.3) is 0 Å². The van der Waals surface area contributed by atoms with Crippen LogP contribution >= 0.6 is 11.3 Å². The summed E-state index contributed by atoms with van der Waals surface area (Å²) < 4.78 is 1.82. The molecule has 112 valence electrons. The number of nitrogens with one attached hydrogen (secondary N) is 1. The quantitative estimate of drug-likeness (QED) is 0.918. The number of aryl methyl sites for hydroxylation is 1. The van der Waals surface area contributed by atoms with Gasteiger partial charge in [-0.2, -0.15) is 5.10 Å². The van der Waals surface area contributed by atoms with E-state index in [1.165, 1.54) is 10.4 Å². The van der Waals surface area contributed by atoms with E-state index in [1.807, 2.05) is 41.6 Å². The van der Waals surface area contributed by atoms with Crippen LogP contribution in [0.1, 0.15) is 29.3 Å². The molecule has 0 spiro atoms. The largest absolute Gasteiger partial charge is 0.350 e. The van der Waals surface area contributed by atoms with Crippen molar-refractivity contribution < 1.29 is 4.79 Å². The van der Waals surface area contributed by atoms with Crippen LogP contribution in [0.3, 0.4) is 0 Å². The Morgan fingerprint density at radius 1 is 1.57 bits per heavy atom. The summed E-state index contributed by atoms with van der Waals surface area (Å²) in [5.74, 6) is 0.0965. The van der Waals surface area contributed by atoms with Crippen molar-refractivity contribution in [1.29, 1.82) is 0 Å². The number of carbonyl (C=O) groups is 1. The van der Waals surface area contributed by atoms with Crippen LogP contribution in [-0.2, 0) is 18.4 Å². The topological polar surface area (TPSA) is 50.2 Å². The standard InChI is InChI=1S/C15H20N4OS/c1-18-10-12(8-17-18)14-5-2-6-19(14)11-15(20)16-9-13-4-3-7-21-13/h3-4,7-8,10,14H,2,5-6,9,11H2,1H3,(H,16,20)/t14-/m1/s1. The number of rotatable bonds is 5. The highest BCUT2D eigenvalue weighted by atomic mass is 32.1. The van der Waals surface area contributed by atoms with Crippen LogP contribution in [-0.4, -0.2) is 33.7 Å². The summed E-state index contributed by atoms with van der Waals surface area (Å²) in [7, 11) is 1.93. The van der Waals surface area contributed by atoms with Crippen molar-refractivity contribution in [3.8, 4) is 0 Å². The van der Waals surface area contributed by atoms with Crippen LogP contribution in [0, 0.1) is 0 Å². The zero-order valence-corrected chi connectivity index (χ0v) is 13.0. The number of nitrogens with zero attached hydrogens (tertiary/aromatic N) is 3. The second-order valence-electron chi connectivity index (χ2n) is 5.43. The maximum atomic E-state index is 12.1. The summed E-state index contributed by atoms with van der Waals surface area (Å²) in [5.41, 5.74) is 1.21. The Kier molecular flexibility index (Phi) is 4.36. The van der Waals surface area contributed by atoms with Gasteiger partial charge in [0.2, 0.25) is 5.91 Å². The van der Waals surface area contributed by atoms with Crippen LogP contribution < -0.4 is 5.32 Å². The molecule has 5 nitrogen and oxygen atoms in total. The molecule has 1 aliphatic heterocycles. The number of amides is 1. The Morgan fingerprint density at radius 2 is 2.48 bits per heavy atom. The smallest absolute Gasteiger partial charge is 0.234 e. The average molecular weight is 304 g/mol. The Morgan fingerprint density at radius 3 is 3.19 bits per heavy atom. The van der Waals surface area contributed by atoms with Gasteiger partial charge in [0, 0.05) is 29.7 Å². The molecule has 0 aliphatic carbocycles. The van der Waals surface area contributed by atoms with Gasteiger partial charge in [0.25, 0.3) is 0 Å². The van der Waals surface area contributed by atoms with E-state index < -0.39 is 0 Å². The lowest BCUT2D eigenvalue weighted by Gasteiger charge is -2.22. The number of carbonyl (C=O) groups excluding carboxylic acids is 1. The molecule has 0 saturated carbocycles. The normalized spacial score (nSPS) is 19.0. The summed E-state index contributed by atoms with van der Waals surface area (Å²) in [6, 6.07) is 4.37. The third-order valence-corrected chi connectivity index (χ3v) is 4.74. The molecule has 1 atom stereocenters. The van der Waals surface area contributed by atoms with Gasteiger partial charge < -0.3 is 5.32 Å². The minimum absolute atomic E-state index is 0.0965. The number of hydrogen-bond acceptors (Lipinski definition) is 4. The highest BCUT2D eigenvalue weighted by Crippen LogP contribution is 2.30. The number of aromatic nitrogens is 2. The van der Waals surface area contributed by atoms with Crippen LogP contribution in [0.15, 0.2) is 29.9 Å². The van der Waals surface area contributed by atoms with Crippen molar-refractivity contribution in [2.75, 3.05) is 13.1 Å². The fourth-order valence-electron chi connectivity index (χ4n) is 2.84. The summed E-state index contributed by atoms with van der Waals surface area (Å²) in [5, 5.41) is 9.26. The minimum atomic E-state index is 0.0965. The zero-order valence-electron chi connectivity index (χ0n) is 12.2. The lowest BCUT2D eigenvalue weighted by molar-refractivity contribution is -0.122. The maximum Gasteiger partial charge on any atom is 0.234 e. The van der Waals surface area contributed by atoms with Gasteiger partial charge in [-0.1, -0.05) is 6.07 Å². The molecule has 3 rings (SSSR count). The maximum absolute atomic E-state index is 12.1. The molecule has 2 aromatic heterocycles. The van der Waals surface area contributed by atoms with Crippen LogP contribution in [0.4, 0.5) is 0 Å². The molecule has 0 unspecified atom stereocenters. The summed E-state index contributed by atoms with van der Waals surface area (Å²) in [4.78, 5) is 15.5. The van der Waals surface area contributed by atoms with Gasteiger partial charge in [-0.15, -0.1) is 11.3 Å². The van der Waals surface area contributed by atoms with Gasteiger partial charge in [0.15, 0.2) is 0 Å². The number of hydrogen-bond donors (Lipinski definition) is 1. The highest BCUT2D eigenvalue weighted by Gasteiger charge is 2.28. The van der Waals surface area contributed by atoms with E-state index in [1.54, 1.807) is 11.3 Å². The lowest BCUT2D eigenvalue weighted by atomic mass is 10.1. The van der Waals surface area contributed by atoms with Gasteiger partial charge >= 0.3 is 0 Å². The van der Waals surface area contributed by atoms with E-state index in [-0.39, 0.29) is 5.91 Å². The fraction of sp³-hybridized carbons (Fsp3) is 0.467. The Hall–Kier alpha value is -1.66. The highest BCUT2D eigenvalue weighted by molar-refractivity contribution is 7.09. The third-order valence-electron chi connectivity index (χ3n) is 3.86. The Labute approximate surface area is 128 Å². The predicted octanol–water partition coefficient (Wildman–Crippen LogP) is 1.93. The Bertz CT molecular complexity index is 593. The molecule has 0 radical (unpaired) electrons. The SMILES string of the molecule is Cn1cc([C@H]2CCCN2CC(=O)NCc2cccs2)cn1. The van der Waals surface area contributed by atoms with E-state index in [2.05, 4.69) is 15.3 Å². The van der Waals surface area contributed by atoms with E-state index in [4.69, 9.17) is 0 Å². The van der Waals surface area contributed by atoms with Crippen molar-refractivity contribution >= 4 is 17.2 Å². The third kappa shape index (κ3) is 3.51. The van der Waals surface area contributed by atoms with Gasteiger partial charge in [0.1, 0.15) is 0 Å². The van der Waals surface area contributed by atoms with E-state index in [0.29, 0.717) is 19.1 Å². The molecule has 21 heavy (non-hydrogen) atoms. The molecule has 2 aromatic rings.